The summed E-state index contributed by atoms with van der Waals surface area (Å²) in [6.45, 7) is 2.04. The molecule has 0 bridgehead atoms. The molecule has 1 rings (SSSR count). The van der Waals surface area contributed by atoms with E-state index in [1.165, 1.54) is 0 Å². The average molecular weight is 335 g/mol. The summed E-state index contributed by atoms with van der Waals surface area (Å²) < 4.78 is 19.5. The maximum atomic E-state index is 10.6. The molecule has 0 aromatic heterocycles. The van der Waals surface area contributed by atoms with Gasteiger partial charge in [-0.25, -0.2) is 0 Å². The molecule has 0 saturated carbocycles. The quantitative estimate of drug-likeness (QED) is 0.638. The van der Waals surface area contributed by atoms with Crippen LogP contribution >= 0.6 is 39.8 Å². The van der Waals surface area contributed by atoms with Gasteiger partial charge in [-0.3, -0.25) is 9.09 Å². The molecule has 0 aliphatic heterocycles. The van der Waals surface area contributed by atoms with Gasteiger partial charge in [-0.15, -0.1) is 0 Å². The van der Waals surface area contributed by atoms with Gasteiger partial charge in [-0.2, -0.15) is 0 Å². The molecule has 5 nitrogen and oxygen atoms in total. The van der Waals surface area contributed by atoms with Crippen molar-refractivity contribution in [2.24, 2.45) is 0 Å². The summed E-state index contributed by atoms with van der Waals surface area (Å²) >= 11 is 9.82. The van der Waals surface area contributed by atoms with E-state index in [0.29, 0.717) is 6.61 Å². The third-order valence-electron chi connectivity index (χ3n) is 1.46. The predicted molar refractivity (Wildman–Crippen MR) is 74.1 cm³/mol. The van der Waals surface area contributed by atoms with Crippen molar-refractivity contribution in [1.29, 1.82) is 0 Å². The Balaban J connectivity index is 0.000000360. The summed E-state index contributed by atoms with van der Waals surface area (Å²) in [5.41, 5.74) is 1.06. The third-order valence-corrected chi connectivity index (χ3v) is 2.84. The summed E-state index contributed by atoms with van der Waals surface area (Å²) in [5.74, 6) is 0. The van der Waals surface area contributed by atoms with Crippen LogP contribution in [-0.4, -0.2) is 21.5 Å². The minimum absolute atomic E-state index is 0.454. The SMILES string of the molecule is C[PH](=O)OCc1ccccc1.OP(O)OC(Cl)Cl. The number of alkyl halides is 2. The largest absolute Gasteiger partial charge is 0.329 e. The number of halogens is 2. The van der Waals surface area contributed by atoms with Gasteiger partial charge in [0.25, 0.3) is 0 Å². The monoisotopic (exact) mass is 334 g/mol. The van der Waals surface area contributed by atoms with Crippen LogP contribution in [0.5, 0.6) is 0 Å². The van der Waals surface area contributed by atoms with Crippen LogP contribution in [0.4, 0.5) is 0 Å². The Labute approximate surface area is 118 Å². The molecule has 0 saturated heterocycles. The first-order valence-corrected chi connectivity index (χ1v) is 8.57. The van der Waals surface area contributed by atoms with Gasteiger partial charge in [0.1, 0.15) is 0 Å². The molecule has 18 heavy (non-hydrogen) atoms. The first-order chi connectivity index (χ1) is 8.41. The van der Waals surface area contributed by atoms with Gasteiger partial charge < -0.3 is 14.3 Å². The summed E-state index contributed by atoms with van der Waals surface area (Å²) in [5, 5.41) is -1.15. The summed E-state index contributed by atoms with van der Waals surface area (Å²) in [7, 11) is -4.19. The van der Waals surface area contributed by atoms with E-state index in [0.717, 1.165) is 5.56 Å². The van der Waals surface area contributed by atoms with Crippen LogP contribution in [0.3, 0.4) is 0 Å². The van der Waals surface area contributed by atoms with E-state index in [9.17, 15) is 4.57 Å². The summed E-state index contributed by atoms with van der Waals surface area (Å²) in [4.78, 5) is 15.9. The van der Waals surface area contributed by atoms with E-state index in [1.807, 2.05) is 30.3 Å². The fourth-order valence-electron chi connectivity index (χ4n) is 0.830. The van der Waals surface area contributed by atoms with Crippen LogP contribution in [0.25, 0.3) is 0 Å². The van der Waals surface area contributed by atoms with Crippen molar-refractivity contribution < 1.29 is 23.4 Å². The lowest BCUT2D eigenvalue weighted by molar-refractivity contribution is 0.276. The maximum Gasteiger partial charge on any atom is 0.329 e. The van der Waals surface area contributed by atoms with Crippen molar-refractivity contribution in [3.8, 4) is 0 Å². The topological polar surface area (TPSA) is 76.0 Å². The number of hydrogen-bond acceptors (Lipinski definition) is 5. The molecule has 9 heteroatoms. The van der Waals surface area contributed by atoms with Crippen LogP contribution in [-0.2, 0) is 20.2 Å². The first-order valence-electron chi connectivity index (χ1n) is 4.72. The fraction of sp³-hybridized carbons (Fsp3) is 0.333. The van der Waals surface area contributed by atoms with Gasteiger partial charge in [0.05, 0.1) is 6.61 Å². The van der Waals surface area contributed by atoms with Crippen molar-refractivity contribution in [3.05, 3.63) is 35.9 Å². The van der Waals surface area contributed by atoms with Crippen LogP contribution < -0.4 is 0 Å². The Kier molecular flexibility index (Phi) is 11.3. The van der Waals surface area contributed by atoms with Gasteiger partial charge in [-0.05, 0) is 5.56 Å². The summed E-state index contributed by atoms with van der Waals surface area (Å²) in [6.07, 6.45) is 0. The van der Waals surface area contributed by atoms with E-state index < -0.39 is 21.7 Å². The molecule has 0 fully saturated rings. The molecule has 2 N–H and O–H groups in total. The molecule has 104 valence electrons. The first kappa shape index (κ1) is 18.3. The number of benzene rings is 1. The van der Waals surface area contributed by atoms with Crippen LogP contribution in [0.1, 0.15) is 5.56 Å². The zero-order valence-electron chi connectivity index (χ0n) is 9.49. The highest BCUT2D eigenvalue weighted by Gasteiger charge is 2.04. The van der Waals surface area contributed by atoms with Crippen molar-refractivity contribution in [2.75, 3.05) is 6.66 Å². The van der Waals surface area contributed by atoms with Crippen molar-refractivity contribution in [1.82, 2.24) is 0 Å². The van der Waals surface area contributed by atoms with Crippen molar-refractivity contribution >= 4 is 39.8 Å². The Morgan fingerprint density at radius 1 is 1.33 bits per heavy atom. The highest BCUT2D eigenvalue weighted by Crippen LogP contribution is 2.29. The smallest absolute Gasteiger partial charge is 0.328 e. The molecule has 0 aliphatic rings. The number of hydrogen-bond donors (Lipinski definition) is 2. The van der Waals surface area contributed by atoms with Crippen LogP contribution in [0, 0.1) is 0 Å². The highest BCUT2D eigenvalue weighted by atomic mass is 35.5. The van der Waals surface area contributed by atoms with E-state index >= 15 is 0 Å². The predicted octanol–water partition coefficient (Wildman–Crippen LogP) is 3.28. The normalized spacial score (nSPS) is 12.2. The van der Waals surface area contributed by atoms with E-state index in [-0.39, 0.29) is 0 Å². The molecule has 0 heterocycles. The Morgan fingerprint density at radius 3 is 2.22 bits per heavy atom. The zero-order chi connectivity index (χ0) is 14.0. The molecule has 0 spiro atoms. The molecular formula is C9H14Cl2O5P2. The molecule has 1 aromatic carbocycles. The molecule has 1 atom stereocenters. The zero-order valence-corrected chi connectivity index (χ0v) is 12.9. The van der Waals surface area contributed by atoms with Crippen LogP contribution in [0.2, 0.25) is 0 Å². The van der Waals surface area contributed by atoms with Gasteiger partial charge >= 0.3 is 8.60 Å². The van der Waals surface area contributed by atoms with Gasteiger partial charge in [0.15, 0.2) is 8.03 Å². The molecular weight excluding hydrogens is 321 g/mol. The van der Waals surface area contributed by atoms with Crippen LogP contribution in [0.15, 0.2) is 30.3 Å². The van der Waals surface area contributed by atoms with E-state index in [2.05, 4.69) is 4.52 Å². The molecule has 1 unspecified atom stereocenters. The molecule has 0 radical (unpaired) electrons. The van der Waals surface area contributed by atoms with Gasteiger partial charge in [0, 0.05) is 6.66 Å². The highest BCUT2D eigenvalue weighted by molar-refractivity contribution is 7.39. The lowest BCUT2D eigenvalue weighted by Gasteiger charge is -2.00. The second kappa shape index (κ2) is 11.2. The van der Waals surface area contributed by atoms with Gasteiger partial charge in [-0.1, -0.05) is 53.5 Å². The van der Waals surface area contributed by atoms with E-state index in [1.54, 1.807) is 6.66 Å². The van der Waals surface area contributed by atoms with Crippen molar-refractivity contribution in [3.63, 3.8) is 0 Å². The molecule has 0 aliphatic carbocycles. The second-order valence-electron chi connectivity index (χ2n) is 2.88. The second-order valence-corrected chi connectivity index (χ2v) is 5.89. The van der Waals surface area contributed by atoms with E-state index in [4.69, 9.17) is 37.5 Å². The van der Waals surface area contributed by atoms with Gasteiger partial charge in [0.2, 0.25) is 5.02 Å². The average Bonchev–Trinajstić information content (AvgIpc) is 2.26. The Hall–Kier alpha value is 0.300. The fourth-order valence-corrected chi connectivity index (χ4v) is 1.77. The molecule has 0 amide bonds. The third kappa shape index (κ3) is 12.7. The lowest BCUT2D eigenvalue weighted by Crippen LogP contribution is -1.87. The minimum atomic E-state index is -2.40. The molecule has 1 aromatic rings. The summed E-state index contributed by atoms with van der Waals surface area (Å²) in [6, 6.07) is 9.71. The number of rotatable bonds is 5. The standard InChI is InChI=1S/C8H11O2P.CH3Cl2O3P/c1-11(9)10-7-8-5-3-2-4-6-8;2-1(3)6-7(4)5/h2-6,11H,7H2,1H3;1,4-5H. The Bertz CT molecular complexity index is 331. The minimum Gasteiger partial charge on any atom is -0.328 e. The maximum absolute atomic E-state index is 10.6. The van der Waals surface area contributed by atoms with Crippen molar-refractivity contribution in [2.45, 2.75) is 11.6 Å². The Morgan fingerprint density at radius 2 is 1.89 bits per heavy atom. The lowest BCUT2D eigenvalue weighted by atomic mass is 10.2.